The molecular weight excluding hydrogens is 302 g/mol. The Morgan fingerprint density at radius 2 is 2.08 bits per heavy atom. The number of amides is 1. The standard InChI is InChI=1S/C19H23N3O2/c1-5-6-14-10-15(24-21-14)11-20-19(23)18-13(3)16-9-12(2)7-8-17(16)22(18)4/h7-10H,5-6,11H2,1-4H3,(H,20,23). The van der Waals surface area contributed by atoms with Crippen molar-refractivity contribution in [1.29, 1.82) is 0 Å². The minimum atomic E-state index is -0.0997. The molecule has 3 rings (SSSR count). The van der Waals surface area contributed by atoms with Gasteiger partial charge in [-0.3, -0.25) is 4.79 Å². The van der Waals surface area contributed by atoms with Gasteiger partial charge in [0.1, 0.15) is 5.69 Å². The van der Waals surface area contributed by atoms with Crippen LogP contribution in [0.3, 0.4) is 0 Å². The minimum absolute atomic E-state index is 0.0997. The van der Waals surface area contributed by atoms with E-state index in [1.807, 2.05) is 24.6 Å². The predicted molar refractivity (Wildman–Crippen MR) is 94.1 cm³/mol. The van der Waals surface area contributed by atoms with E-state index in [4.69, 9.17) is 4.52 Å². The molecule has 0 aliphatic heterocycles. The number of nitrogens with zero attached hydrogens (tertiary/aromatic N) is 2. The molecule has 1 N–H and O–H groups in total. The number of aromatic nitrogens is 2. The summed E-state index contributed by atoms with van der Waals surface area (Å²) >= 11 is 0. The minimum Gasteiger partial charge on any atom is -0.359 e. The van der Waals surface area contributed by atoms with Crippen LogP contribution < -0.4 is 5.32 Å². The molecule has 1 amide bonds. The second-order valence-electron chi connectivity index (χ2n) is 6.27. The molecule has 5 nitrogen and oxygen atoms in total. The van der Waals surface area contributed by atoms with Crippen molar-refractivity contribution >= 4 is 16.8 Å². The lowest BCUT2D eigenvalue weighted by atomic mass is 10.1. The van der Waals surface area contributed by atoms with E-state index >= 15 is 0 Å². The number of carbonyl (C=O) groups is 1. The van der Waals surface area contributed by atoms with E-state index in [0.717, 1.165) is 35.0 Å². The average Bonchev–Trinajstić information content (AvgIpc) is 3.09. The summed E-state index contributed by atoms with van der Waals surface area (Å²) in [5.74, 6) is 0.580. The molecule has 0 bridgehead atoms. The molecule has 0 saturated heterocycles. The summed E-state index contributed by atoms with van der Waals surface area (Å²) in [5.41, 5.74) is 4.86. The van der Waals surface area contributed by atoms with E-state index in [2.05, 4.69) is 42.5 Å². The Kier molecular flexibility index (Phi) is 4.42. The first-order valence-electron chi connectivity index (χ1n) is 8.29. The number of rotatable bonds is 5. The van der Waals surface area contributed by atoms with E-state index in [9.17, 15) is 4.79 Å². The van der Waals surface area contributed by atoms with Crippen LogP contribution in [-0.4, -0.2) is 15.6 Å². The van der Waals surface area contributed by atoms with Crippen LogP contribution in [-0.2, 0) is 20.0 Å². The van der Waals surface area contributed by atoms with Crippen LogP contribution in [0, 0.1) is 13.8 Å². The third kappa shape index (κ3) is 2.94. The van der Waals surface area contributed by atoms with Crippen molar-refractivity contribution in [3.63, 3.8) is 0 Å². The number of hydrogen-bond acceptors (Lipinski definition) is 3. The summed E-state index contributed by atoms with van der Waals surface area (Å²) < 4.78 is 7.21. The second-order valence-corrected chi connectivity index (χ2v) is 6.27. The SMILES string of the molecule is CCCc1cc(CNC(=O)c2c(C)c3cc(C)ccc3n2C)on1. The lowest BCUT2D eigenvalue weighted by molar-refractivity contribution is 0.0938. The van der Waals surface area contributed by atoms with Gasteiger partial charge in [0.15, 0.2) is 5.76 Å². The Balaban J connectivity index is 1.80. The van der Waals surface area contributed by atoms with Crippen LogP contribution in [0.1, 0.15) is 46.4 Å². The van der Waals surface area contributed by atoms with E-state index in [1.165, 1.54) is 5.56 Å². The lowest BCUT2D eigenvalue weighted by Crippen LogP contribution is -2.25. The van der Waals surface area contributed by atoms with Gasteiger partial charge in [-0.15, -0.1) is 0 Å². The van der Waals surface area contributed by atoms with Gasteiger partial charge in [0.25, 0.3) is 5.91 Å². The molecular formula is C19H23N3O2. The molecule has 3 aromatic rings. The Hall–Kier alpha value is -2.56. The molecule has 0 radical (unpaired) electrons. The molecule has 0 aliphatic carbocycles. The van der Waals surface area contributed by atoms with Gasteiger partial charge >= 0.3 is 0 Å². The lowest BCUT2D eigenvalue weighted by Gasteiger charge is -2.06. The Labute approximate surface area is 141 Å². The van der Waals surface area contributed by atoms with Gasteiger partial charge in [-0.05, 0) is 38.0 Å². The number of nitrogens with one attached hydrogen (secondary N) is 1. The fourth-order valence-corrected chi connectivity index (χ4v) is 3.13. The molecule has 0 atom stereocenters. The fraction of sp³-hybridized carbons (Fsp3) is 0.368. The summed E-state index contributed by atoms with van der Waals surface area (Å²) in [5, 5.41) is 8.06. The highest BCUT2D eigenvalue weighted by Gasteiger charge is 2.18. The topological polar surface area (TPSA) is 60.1 Å². The maximum Gasteiger partial charge on any atom is 0.268 e. The van der Waals surface area contributed by atoms with Gasteiger partial charge in [-0.2, -0.15) is 0 Å². The van der Waals surface area contributed by atoms with Crippen molar-refractivity contribution in [2.45, 2.75) is 40.2 Å². The Morgan fingerprint density at radius 1 is 1.29 bits per heavy atom. The third-order valence-electron chi connectivity index (χ3n) is 4.36. The third-order valence-corrected chi connectivity index (χ3v) is 4.36. The van der Waals surface area contributed by atoms with Crippen molar-refractivity contribution in [2.75, 3.05) is 0 Å². The van der Waals surface area contributed by atoms with Crippen LogP contribution in [0.5, 0.6) is 0 Å². The van der Waals surface area contributed by atoms with Crippen LogP contribution >= 0.6 is 0 Å². The zero-order valence-electron chi connectivity index (χ0n) is 14.6. The first-order valence-corrected chi connectivity index (χ1v) is 8.29. The molecule has 2 aromatic heterocycles. The van der Waals surface area contributed by atoms with Gasteiger partial charge in [0.2, 0.25) is 0 Å². The van der Waals surface area contributed by atoms with Crippen LogP contribution in [0.15, 0.2) is 28.8 Å². The first kappa shape index (κ1) is 16.3. The van der Waals surface area contributed by atoms with E-state index in [-0.39, 0.29) is 5.91 Å². The van der Waals surface area contributed by atoms with Crippen LogP contribution in [0.2, 0.25) is 0 Å². The van der Waals surface area contributed by atoms with E-state index in [1.54, 1.807) is 0 Å². The van der Waals surface area contributed by atoms with E-state index in [0.29, 0.717) is 18.0 Å². The normalized spacial score (nSPS) is 11.2. The highest BCUT2D eigenvalue weighted by Crippen LogP contribution is 2.25. The maximum atomic E-state index is 12.7. The summed E-state index contributed by atoms with van der Waals surface area (Å²) in [6.07, 6.45) is 1.91. The van der Waals surface area contributed by atoms with Crippen LogP contribution in [0.4, 0.5) is 0 Å². The Bertz CT molecular complexity index is 890. The molecule has 1 aromatic carbocycles. The van der Waals surface area contributed by atoms with Crippen molar-refractivity contribution in [2.24, 2.45) is 7.05 Å². The number of aryl methyl sites for hydroxylation is 4. The van der Waals surface area contributed by atoms with Crippen molar-refractivity contribution in [3.8, 4) is 0 Å². The molecule has 126 valence electrons. The van der Waals surface area contributed by atoms with Gasteiger partial charge in [0, 0.05) is 24.0 Å². The van der Waals surface area contributed by atoms with Crippen molar-refractivity contribution in [3.05, 3.63) is 52.5 Å². The second kappa shape index (κ2) is 6.51. The van der Waals surface area contributed by atoms with Gasteiger partial charge in [-0.1, -0.05) is 30.1 Å². The summed E-state index contributed by atoms with van der Waals surface area (Å²) in [7, 11) is 1.92. The smallest absolute Gasteiger partial charge is 0.268 e. The quantitative estimate of drug-likeness (QED) is 0.778. The van der Waals surface area contributed by atoms with Gasteiger partial charge in [0.05, 0.1) is 12.2 Å². The summed E-state index contributed by atoms with van der Waals surface area (Å²) in [4.78, 5) is 12.7. The highest BCUT2D eigenvalue weighted by atomic mass is 16.5. The summed E-state index contributed by atoms with van der Waals surface area (Å²) in [6.45, 7) is 6.49. The molecule has 0 saturated carbocycles. The number of hydrogen-bond donors (Lipinski definition) is 1. The average molecular weight is 325 g/mol. The van der Waals surface area contributed by atoms with E-state index < -0.39 is 0 Å². The molecule has 5 heteroatoms. The molecule has 0 spiro atoms. The zero-order chi connectivity index (χ0) is 17.3. The largest absolute Gasteiger partial charge is 0.359 e. The number of fused-ring (bicyclic) bond motifs is 1. The monoisotopic (exact) mass is 325 g/mol. The number of carbonyl (C=O) groups excluding carboxylic acids is 1. The van der Waals surface area contributed by atoms with Crippen molar-refractivity contribution in [1.82, 2.24) is 15.0 Å². The first-order chi connectivity index (χ1) is 11.5. The van der Waals surface area contributed by atoms with Gasteiger partial charge < -0.3 is 14.4 Å². The molecule has 0 aliphatic rings. The molecule has 24 heavy (non-hydrogen) atoms. The van der Waals surface area contributed by atoms with Crippen molar-refractivity contribution < 1.29 is 9.32 Å². The molecule has 0 unspecified atom stereocenters. The Morgan fingerprint density at radius 3 is 2.83 bits per heavy atom. The van der Waals surface area contributed by atoms with Crippen LogP contribution in [0.25, 0.3) is 10.9 Å². The zero-order valence-corrected chi connectivity index (χ0v) is 14.6. The number of benzene rings is 1. The molecule has 2 heterocycles. The fourth-order valence-electron chi connectivity index (χ4n) is 3.13. The molecule has 0 fully saturated rings. The van der Waals surface area contributed by atoms with Gasteiger partial charge in [-0.25, -0.2) is 0 Å². The highest BCUT2D eigenvalue weighted by molar-refractivity contribution is 6.01. The maximum absolute atomic E-state index is 12.7. The summed E-state index contributed by atoms with van der Waals surface area (Å²) in [6, 6.07) is 8.14. The predicted octanol–water partition coefficient (Wildman–Crippen LogP) is 3.67.